The summed E-state index contributed by atoms with van der Waals surface area (Å²) in [5, 5.41) is 20.1. The van der Waals surface area contributed by atoms with Crippen LogP contribution in [0, 0.1) is 18.3 Å². The van der Waals surface area contributed by atoms with Crippen LogP contribution >= 0.6 is 0 Å². The minimum absolute atomic E-state index is 0.0845. The van der Waals surface area contributed by atoms with Crippen LogP contribution in [0.2, 0.25) is 0 Å². The zero-order chi connectivity index (χ0) is 26.5. The van der Waals surface area contributed by atoms with Crippen molar-refractivity contribution in [2.24, 2.45) is 0 Å². The number of amides is 2. The molecule has 5 rings (SSSR count). The Balaban J connectivity index is 1.31. The van der Waals surface area contributed by atoms with E-state index < -0.39 is 6.09 Å². The molecule has 2 N–H and O–H groups in total. The van der Waals surface area contributed by atoms with Gasteiger partial charge in [0.15, 0.2) is 0 Å². The number of hydrogen-bond acceptors (Lipinski definition) is 7. The van der Waals surface area contributed by atoms with Gasteiger partial charge in [-0.15, -0.1) is 0 Å². The van der Waals surface area contributed by atoms with E-state index in [-0.39, 0.29) is 12.5 Å². The lowest BCUT2D eigenvalue weighted by molar-refractivity contribution is -0.128. The summed E-state index contributed by atoms with van der Waals surface area (Å²) in [5.41, 5.74) is 3.53. The quantitative estimate of drug-likeness (QED) is 0.333. The lowest BCUT2D eigenvalue weighted by atomic mass is 10.1. The molecule has 1 fully saturated rings. The summed E-state index contributed by atoms with van der Waals surface area (Å²) in [5.74, 6) is 1.50. The van der Waals surface area contributed by atoms with Gasteiger partial charge in [0.2, 0.25) is 5.91 Å². The Labute approximate surface area is 219 Å². The van der Waals surface area contributed by atoms with Gasteiger partial charge in [-0.2, -0.15) is 10.4 Å². The summed E-state index contributed by atoms with van der Waals surface area (Å²) in [6.07, 6.45) is 3.89. The Kier molecular flexibility index (Phi) is 7.08. The summed E-state index contributed by atoms with van der Waals surface area (Å²) in [4.78, 5) is 25.8. The maximum absolute atomic E-state index is 12.4. The summed E-state index contributed by atoms with van der Waals surface area (Å²) >= 11 is 0. The first-order valence-electron chi connectivity index (χ1n) is 12.2. The number of carbonyl (C=O) groups is 2. The van der Waals surface area contributed by atoms with Crippen molar-refractivity contribution in [3.63, 3.8) is 0 Å². The molecule has 0 saturated carbocycles. The molecular weight excluding hydrogens is 484 g/mol. The van der Waals surface area contributed by atoms with Crippen LogP contribution in [0.25, 0.3) is 5.52 Å². The zero-order valence-corrected chi connectivity index (χ0v) is 20.8. The second-order valence-electron chi connectivity index (χ2n) is 8.82. The van der Waals surface area contributed by atoms with Gasteiger partial charge >= 0.3 is 6.09 Å². The minimum atomic E-state index is -0.625. The fourth-order valence-electron chi connectivity index (χ4n) is 4.34. The first-order valence-corrected chi connectivity index (χ1v) is 12.2. The van der Waals surface area contributed by atoms with Crippen molar-refractivity contribution in [1.29, 1.82) is 5.26 Å². The Hall–Kier alpha value is -5.04. The Morgan fingerprint density at radius 2 is 1.89 bits per heavy atom. The highest BCUT2D eigenvalue weighted by Crippen LogP contribution is 2.33. The predicted molar refractivity (Wildman–Crippen MR) is 142 cm³/mol. The van der Waals surface area contributed by atoms with Crippen LogP contribution in [0.15, 0.2) is 67.0 Å². The molecule has 0 aliphatic carbocycles. The van der Waals surface area contributed by atoms with Gasteiger partial charge < -0.3 is 19.7 Å². The van der Waals surface area contributed by atoms with E-state index in [2.05, 4.69) is 21.8 Å². The van der Waals surface area contributed by atoms with E-state index in [0.717, 1.165) is 17.9 Å². The number of nitrogens with zero attached hydrogens (tertiary/aromatic N) is 4. The third-order valence-electron chi connectivity index (χ3n) is 6.28. The molecule has 4 aromatic rings. The molecule has 10 nitrogen and oxygen atoms in total. The van der Waals surface area contributed by atoms with Crippen LogP contribution in [-0.4, -0.2) is 46.2 Å². The van der Waals surface area contributed by atoms with Crippen LogP contribution in [0.5, 0.6) is 11.5 Å². The average molecular weight is 511 g/mol. The van der Waals surface area contributed by atoms with Crippen molar-refractivity contribution in [3.05, 3.63) is 78.1 Å². The number of fused-ring (bicyclic) bond motifs is 1. The van der Waals surface area contributed by atoms with Crippen molar-refractivity contribution < 1.29 is 19.1 Å². The fourth-order valence-corrected chi connectivity index (χ4v) is 4.34. The molecule has 0 unspecified atom stereocenters. The van der Waals surface area contributed by atoms with Gasteiger partial charge in [0, 0.05) is 24.2 Å². The molecule has 0 spiro atoms. The van der Waals surface area contributed by atoms with E-state index >= 15 is 0 Å². The number of rotatable bonds is 8. The number of para-hydroxylation sites is 1. The van der Waals surface area contributed by atoms with Gasteiger partial charge in [-0.1, -0.05) is 18.2 Å². The zero-order valence-electron chi connectivity index (χ0n) is 20.8. The molecule has 10 heteroatoms. The summed E-state index contributed by atoms with van der Waals surface area (Å²) < 4.78 is 12.7. The average Bonchev–Trinajstić information content (AvgIpc) is 3.48. The van der Waals surface area contributed by atoms with Crippen LogP contribution in [0.3, 0.4) is 0 Å². The van der Waals surface area contributed by atoms with Gasteiger partial charge in [-0.25, -0.2) is 9.31 Å². The number of hydrogen-bond donors (Lipinski definition) is 2. The van der Waals surface area contributed by atoms with Crippen molar-refractivity contribution in [3.8, 4) is 17.6 Å². The smallest absolute Gasteiger partial charge is 0.411 e. The monoisotopic (exact) mass is 510 g/mol. The SMILES string of the molecule is Cc1c(NC(=O)OCCN2CCCC2=O)cn2ncc(C#N)c(Nc3ccc(Oc4ccccc4)cc3)c12. The molecule has 1 aliphatic rings. The van der Waals surface area contributed by atoms with E-state index in [9.17, 15) is 14.9 Å². The van der Waals surface area contributed by atoms with E-state index in [1.807, 2.05) is 61.5 Å². The molecule has 38 heavy (non-hydrogen) atoms. The molecule has 2 aromatic heterocycles. The molecule has 1 aliphatic heterocycles. The normalized spacial score (nSPS) is 12.8. The molecule has 1 saturated heterocycles. The van der Waals surface area contributed by atoms with Gasteiger partial charge in [0.25, 0.3) is 0 Å². The summed E-state index contributed by atoms with van der Waals surface area (Å²) in [6, 6.07) is 19.1. The topological polar surface area (TPSA) is 121 Å². The number of nitriles is 1. The Morgan fingerprint density at radius 3 is 2.61 bits per heavy atom. The largest absolute Gasteiger partial charge is 0.457 e. The van der Waals surface area contributed by atoms with E-state index in [1.165, 1.54) is 6.20 Å². The van der Waals surface area contributed by atoms with Crippen LogP contribution in [-0.2, 0) is 9.53 Å². The second-order valence-corrected chi connectivity index (χ2v) is 8.82. The van der Waals surface area contributed by atoms with Crippen LogP contribution in [0.1, 0.15) is 24.0 Å². The van der Waals surface area contributed by atoms with Crippen molar-refractivity contribution in [2.75, 3.05) is 30.3 Å². The van der Waals surface area contributed by atoms with Gasteiger partial charge in [0.05, 0.1) is 41.4 Å². The van der Waals surface area contributed by atoms with Crippen molar-refractivity contribution >= 4 is 34.6 Å². The van der Waals surface area contributed by atoms with E-state index in [0.29, 0.717) is 53.3 Å². The number of carbonyl (C=O) groups excluding carboxylic acids is 2. The number of aromatic nitrogens is 2. The molecule has 0 radical (unpaired) electrons. The van der Waals surface area contributed by atoms with Crippen molar-refractivity contribution in [2.45, 2.75) is 19.8 Å². The van der Waals surface area contributed by atoms with E-state index in [4.69, 9.17) is 9.47 Å². The lowest BCUT2D eigenvalue weighted by Gasteiger charge is -2.15. The Morgan fingerprint density at radius 1 is 1.13 bits per heavy atom. The molecule has 3 heterocycles. The van der Waals surface area contributed by atoms with Gasteiger partial charge in [0.1, 0.15) is 24.2 Å². The molecular formula is C28H26N6O4. The highest BCUT2D eigenvalue weighted by atomic mass is 16.5. The molecule has 192 valence electrons. The summed E-state index contributed by atoms with van der Waals surface area (Å²) in [6.45, 7) is 3.01. The fraction of sp³-hybridized carbons (Fsp3) is 0.214. The standard InChI is InChI=1S/C28H26N6O4/c1-19-24(32-28(36)37-15-14-33-13-5-8-25(33)35)18-34-27(19)26(20(16-29)17-30-34)31-21-9-11-23(12-10-21)38-22-6-3-2-4-7-22/h2-4,6-7,9-12,17-18,31H,5,8,13-15H2,1H3,(H,32,36). The maximum Gasteiger partial charge on any atom is 0.411 e. The first kappa shape index (κ1) is 24.6. The molecule has 2 aromatic carbocycles. The number of aryl methyl sites for hydroxylation is 1. The van der Waals surface area contributed by atoms with E-state index in [1.54, 1.807) is 15.6 Å². The highest BCUT2D eigenvalue weighted by Gasteiger charge is 2.21. The highest BCUT2D eigenvalue weighted by molar-refractivity contribution is 5.92. The van der Waals surface area contributed by atoms with Crippen LogP contribution < -0.4 is 15.4 Å². The number of likely N-dealkylation sites (tertiary alicyclic amines) is 1. The third kappa shape index (κ3) is 5.37. The van der Waals surface area contributed by atoms with Gasteiger partial charge in [-0.05, 0) is 49.7 Å². The molecule has 2 amide bonds. The molecule has 0 bridgehead atoms. The number of anilines is 3. The minimum Gasteiger partial charge on any atom is -0.457 e. The number of ether oxygens (including phenoxy) is 2. The number of benzene rings is 2. The first-order chi connectivity index (χ1) is 18.5. The Bertz CT molecular complexity index is 1510. The third-order valence-corrected chi connectivity index (χ3v) is 6.28. The molecule has 0 atom stereocenters. The number of nitrogens with one attached hydrogen (secondary N) is 2. The maximum atomic E-state index is 12.4. The lowest BCUT2D eigenvalue weighted by Crippen LogP contribution is -2.30. The van der Waals surface area contributed by atoms with Crippen molar-refractivity contribution in [1.82, 2.24) is 14.5 Å². The van der Waals surface area contributed by atoms with Crippen LogP contribution in [0.4, 0.5) is 21.9 Å². The second kappa shape index (κ2) is 10.9. The van der Waals surface area contributed by atoms with Gasteiger partial charge in [-0.3, -0.25) is 10.1 Å². The summed E-state index contributed by atoms with van der Waals surface area (Å²) in [7, 11) is 0. The predicted octanol–water partition coefficient (Wildman–Crippen LogP) is 5.22.